The van der Waals surface area contributed by atoms with Crippen molar-refractivity contribution >= 4 is 11.7 Å². The highest BCUT2D eigenvalue weighted by atomic mass is 19.1. The van der Waals surface area contributed by atoms with Gasteiger partial charge < -0.3 is 5.32 Å². The molecule has 0 aliphatic carbocycles. The summed E-state index contributed by atoms with van der Waals surface area (Å²) in [6.07, 6.45) is 1.53. The first-order valence-electron chi connectivity index (χ1n) is 7.28. The molecule has 21 heavy (non-hydrogen) atoms. The summed E-state index contributed by atoms with van der Waals surface area (Å²) in [6.45, 7) is 3.32. The summed E-state index contributed by atoms with van der Waals surface area (Å²) in [4.78, 5) is 26.1. The third kappa shape index (κ3) is 3.67. The Morgan fingerprint density at radius 2 is 1.81 bits per heavy atom. The summed E-state index contributed by atoms with van der Waals surface area (Å²) in [5.74, 6) is -0.231. The van der Waals surface area contributed by atoms with E-state index in [9.17, 15) is 14.0 Å². The van der Waals surface area contributed by atoms with E-state index < -0.39 is 0 Å². The smallest absolute Gasteiger partial charge is 0.222 e. The molecule has 0 saturated carbocycles. The van der Waals surface area contributed by atoms with Crippen LogP contribution < -0.4 is 5.32 Å². The first-order chi connectivity index (χ1) is 10.0. The molecule has 1 aromatic carbocycles. The lowest BCUT2D eigenvalue weighted by molar-refractivity contribution is -0.126. The zero-order valence-electron chi connectivity index (χ0n) is 12.4. The second-order valence-corrected chi connectivity index (χ2v) is 5.47. The van der Waals surface area contributed by atoms with Crippen LogP contribution in [-0.2, 0) is 4.79 Å². The van der Waals surface area contributed by atoms with E-state index in [2.05, 4.69) is 10.2 Å². The van der Waals surface area contributed by atoms with Crippen LogP contribution in [0.5, 0.6) is 0 Å². The fourth-order valence-electron chi connectivity index (χ4n) is 2.77. The number of hydrogen-bond donors (Lipinski definition) is 1. The highest BCUT2D eigenvalue weighted by Crippen LogP contribution is 2.20. The van der Waals surface area contributed by atoms with Gasteiger partial charge >= 0.3 is 0 Å². The van der Waals surface area contributed by atoms with E-state index >= 15 is 0 Å². The molecule has 5 heteroatoms. The molecule has 1 aliphatic rings. The molecule has 2 rings (SSSR count). The van der Waals surface area contributed by atoms with Crippen LogP contribution in [0.25, 0.3) is 0 Å². The number of ketones is 1. The maximum atomic E-state index is 12.9. The molecular formula is C16H21FN2O2. The predicted molar refractivity (Wildman–Crippen MR) is 78.6 cm³/mol. The van der Waals surface area contributed by atoms with Crippen LogP contribution in [0.2, 0.25) is 0 Å². The quantitative estimate of drug-likeness (QED) is 0.862. The molecule has 1 N–H and O–H groups in total. The van der Waals surface area contributed by atoms with Gasteiger partial charge in [-0.1, -0.05) is 0 Å². The second-order valence-electron chi connectivity index (χ2n) is 5.47. The number of carbonyl (C=O) groups is 2. The Balaban J connectivity index is 1.95. The molecule has 4 nitrogen and oxygen atoms in total. The van der Waals surface area contributed by atoms with Gasteiger partial charge in [-0.05, 0) is 57.1 Å². The summed E-state index contributed by atoms with van der Waals surface area (Å²) in [5.41, 5.74) is 0.525. The molecule has 1 saturated heterocycles. The van der Waals surface area contributed by atoms with Crippen molar-refractivity contribution in [3.63, 3.8) is 0 Å². The molecule has 1 heterocycles. The number of amides is 1. The van der Waals surface area contributed by atoms with Crippen molar-refractivity contribution in [1.29, 1.82) is 0 Å². The molecule has 1 unspecified atom stereocenters. The van der Waals surface area contributed by atoms with Gasteiger partial charge in [0.2, 0.25) is 5.91 Å². The summed E-state index contributed by atoms with van der Waals surface area (Å²) in [7, 11) is 1.65. The van der Waals surface area contributed by atoms with E-state index in [-0.39, 0.29) is 29.5 Å². The number of likely N-dealkylation sites (tertiary alicyclic amines) is 1. The van der Waals surface area contributed by atoms with Crippen molar-refractivity contribution in [3.05, 3.63) is 35.6 Å². The van der Waals surface area contributed by atoms with Gasteiger partial charge in [0.15, 0.2) is 5.78 Å². The van der Waals surface area contributed by atoms with Gasteiger partial charge in [-0.2, -0.15) is 0 Å². The summed E-state index contributed by atoms with van der Waals surface area (Å²) in [5, 5.41) is 2.67. The molecule has 114 valence electrons. The topological polar surface area (TPSA) is 49.4 Å². The number of benzene rings is 1. The molecule has 1 aromatic rings. The predicted octanol–water partition coefficient (Wildman–Crippen LogP) is 1.85. The van der Waals surface area contributed by atoms with Gasteiger partial charge in [0.25, 0.3) is 0 Å². The van der Waals surface area contributed by atoms with Gasteiger partial charge in [-0.15, -0.1) is 0 Å². The van der Waals surface area contributed by atoms with E-state index in [0.29, 0.717) is 5.56 Å². The van der Waals surface area contributed by atoms with Gasteiger partial charge in [0, 0.05) is 18.5 Å². The Hall–Kier alpha value is -1.75. The maximum absolute atomic E-state index is 12.9. The molecule has 0 spiro atoms. The fraction of sp³-hybridized carbons (Fsp3) is 0.500. The van der Waals surface area contributed by atoms with Crippen LogP contribution in [0.1, 0.15) is 30.1 Å². The third-order valence-corrected chi connectivity index (χ3v) is 4.20. The lowest BCUT2D eigenvalue weighted by Crippen LogP contribution is -2.46. The number of nitrogens with one attached hydrogen (secondary N) is 1. The SMILES string of the molecule is CNC(=O)C1CCN(C(C)C(=O)c2ccc(F)cc2)CC1. The molecular weight excluding hydrogens is 271 g/mol. The van der Waals surface area contributed by atoms with Crippen molar-refractivity contribution < 1.29 is 14.0 Å². The van der Waals surface area contributed by atoms with Gasteiger partial charge in [-0.3, -0.25) is 14.5 Å². The van der Waals surface area contributed by atoms with Crippen LogP contribution in [0, 0.1) is 11.7 Å². The number of carbonyl (C=O) groups excluding carboxylic acids is 2. The highest BCUT2D eigenvalue weighted by molar-refractivity contribution is 5.99. The Morgan fingerprint density at radius 1 is 1.24 bits per heavy atom. The van der Waals surface area contributed by atoms with E-state index in [1.165, 1.54) is 24.3 Å². The number of Topliss-reactive ketones (excluding diaryl/α,β-unsaturated/α-hetero) is 1. The van der Waals surface area contributed by atoms with Crippen LogP contribution in [0.4, 0.5) is 4.39 Å². The summed E-state index contributed by atoms with van der Waals surface area (Å²) < 4.78 is 12.9. The van der Waals surface area contributed by atoms with Crippen LogP contribution in [-0.4, -0.2) is 42.8 Å². The number of hydrogen-bond acceptors (Lipinski definition) is 3. The Labute approximate surface area is 124 Å². The Bertz CT molecular complexity index is 508. The van der Waals surface area contributed by atoms with Gasteiger partial charge in [-0.25, -0.2) is 4.39 Å². The number of rotatable bonds is 4. The number of halogens is 1. The Kier molecular flexibility index (Phi) is 5.07. The number of piperidine rings is 1. The molecule has 1 atom stereocenters. The molecule has 0 aromatic heterocycles. The average molecular weight is 292 g/mol. The first-order valence-corrected chi connectivity index (χ1v) is 7.28. The second kappa shape index (κ2) is 6.80. The molecule has 1 fully saturated rings. The standard InChI is InChI=1S/C16H21FN2O2/c1-11(15(20)12-3-5-14(17)6-4-12)19-9-7-13(8-10-19)16(21)18-2/h3-6,11,13H,7-10H2,1-2H3,(H,18,21). The lowest BCUT2D eigenvalue weighted by atomic mass is 9.93. The van der Waals surface area contributed by atoms with Gasteiger partial charge in [0.05, 0.1) is 6.04 Å². The van der Waals surface area contributed by atoms with Crippen molar-refractivity contribution in [2.24, 2.45) is 5.92 Å². The lowest BCUT2D eigenvalue weighted by Gasteiger charge is -2.34. The largest absolute Gasteiger partial charge is 0.359 e. The minimum atomic E-state index is -0.342. The van der Waals surface area contributed by atoms with Crippen LogP contribution >= 0.6 is 0 Å². The Morgan fingerprint density at radius 3 is 2.33 bits per heavy atom. The zero-order valence-corrected chi connectivity index (χ0v) is 12.4. The van der Waals surface area contributed by atoms with E-state index in [0.717, 1.165) is 25.9 Å². The van der Waals surface area contributed by atoms with E-state index in [1.807, 2.05) is 6.92 Å². The summed E-state index contributed by atoms with van der Waals surface area (Å²) in [6, 6.07) is 5.40. The van der Waals surface area contributed by atoms with Crippen LogP contribution in [0.15, 0.2) is 24.3 Å². The average Bonchev–Trinajstić information content (AvgIpc) is 2.53. The van der Waals surface area contributed by atoms with Crippen molar-refractivity contribution in [3.8, 4) is 0 Å². The van der Waals surface area contributed by atoms with Crippen LogP contribution in [0.3, 0.4) is 0 Å². The molecule has 0 bridgehead atoms. The monoisotopic (exact) mass is 292 g/mol. The molecule has 0 radical (unpaired) electrons. The number of nitrogens with zero attached hydrogens (tertiary/aromatic N) is 1. The van der Waals surface area contributed by atoms with Gasteiger partial charge in [0.1, 0.15) is 5.82 Å². The van der Waals surface area contributed by atoms with Crippen molar-refractivity contribution in [2.75, 3.05) is 20.1 Å². The first kappa shape index (κ1) is 15.6. The summed E-state index contributed by atoms with van der Waals surface area (Å²) >= 11 is 0. The van der Waals surface area contributed by atoms with E-state index in [1.54, 1.807) is 7.05 Å². The third-order valence-electron chi connectivity index (χ3n) is 4.20. The minimum absolute atomic E-state index is 0.00612. The molecule has 1 aliphatic heterocycles. The molecule has 1 amide bonds. The van der Waals surface area contributed by atoms with Crippen molar-refractivity contribution in [2.45, 2.75) is 25.8 Å². The zero-order chi connectivity index (χ0) is 15.4. The fourth-order valence-corrected chi connectivity index (χ4v) is 2.77. The minimum Gasteiger partial charge on any atom is -0.359 e. The maximum Gasteiger partial charge on any atom is 0.222 e. The highest BCUT2D eigenvalue weighted by Gasteiger charge is 2.29. The van der Waals surface area contributed by atoms with E-state index in [4.69, 9.17) is 0 Å². The van der Waals surface area contributed by atoms with Crippen molar-refractivity contribution in [1.82, 2.24) is 10.2 Å². The normalized spacial score (nSPS) is 18.2.